The van der Waals surface area contributed by atoms with Crippen LogP contribution in [0.3, 0.4) is 0 Å². The molecule has 0 unspecified atom stereocenters. The average Bonchev–Trinajstić information content (AvgIpc) is 3.31. The average molecular weight is 335 g/mol. The minimum atomic E-state index is -1.00. The number of imidazole rings is 1. The van der Waals surface area contributed by atoms with Gasteiger partial charge in [-0.1, -0.05) is 0 Å². The second kappa shape index (κ2) is 6.59. The van der Waals surface area contributed by atoms with Gasteiger partial charge in [0.2, 0.25) is 0 Å². The Bertz CT molecular complexity index is 743. The number of ether oxygens (including phenoxy) is 1. The monoisotopic (exact) mass is 335 g/mol. The number of rotatable bonds is 6. The van der Waals surface area contributed by atoms with Gasteiger partial charge in [-0.15, -0.1) is 0 Å². The van der Waals surface area contributed by atoms with Gasteiger partial charge >= 0.3 is 0 Å². The fourth-order valence-electron chi connectivity index (χ4n) is 2.51. The van der Waals surface area contributed by atoms with E-state index in [2.05, 4.69) is 4.98 Å². The van der Waals surface area contributed by atoms with E-state index >= 15 is 0 Å². The number of hydrogen-bond acceptors (Lipinski definition) is 3. The predicted octanol–water partition coefficient (Wildman–Crippen LogP) is 2.66. The zero-order valence-corrected chi connectivity index (χ0v) is 13.6. The van der Waals surface area contributed by atoms with Crippen molar-refractivity contribution in [2.45, 2.75) is 38.5 Å². The third-order valence-electron chi connectivity index (χ3n) is 4.06. The van der Waals surface area contributed by atoms with Crippen molar-refractivity contribution in [3.63, 3.8) is 0 Å². The lowest BCUT2D eigenvalue weighted by Gasteiger charge is -2.26. The molecule has 1 aliphatic rings. The van der Waals surface area contributed by atoms with Crippen molar-refractivity contribution >= 4 is 5.91 Å². The zero-order chi connectivity index (χ0) is 17.3. The Kier molecular flexibility index (Phi) is 4.51. The van der Waals surface area contributed by atoms with Crippen LogP contribution in [0.5, 0.6) is 5.75 Å². The van der Waals surface area contributed by atoms with E-state index in [1.807, 2.05) is 17.8 Å². The number of hydrogen-bond donors (Lipinski definition) is 0. The summed E-state index contributed by atoms with van der Waals surface area (Å²) in [6, 6.07) is 3.42. The van der Waals surface area contributed by atoms with Gasteiger partial charge in [-0.25, -0.2) is 13.8 Å². The smallest absolute Gasteiger partial charge is 0.264 e. The lowest BCUT2D eigenvalue weighted by molar-refractivity contribution is -0.139. The molecule has 1 heterocycles. The van der Waals surface area contributed by atoms with Crippen molar-refractivity contribution in [1.82, 2.24) is 14.5 Å². The highest BCUT2D eigenvalue weighted by Crippen LogP contribution is 2.29. The standard InChI is InChI=1S/C17H19F2N3O2/c1-11(24-13-5-6-14(18)15(19)9-13)17(23)22(12-3-4-12)10-16-20-7-8-21(16)2/h5-9,11-12H,3-4,10H2,1-2H3/t11-/m1/s1. The summed E-state index contributed by atoms with van der Waals surface area (Å²) in [5, 5.41) is 0. The Balaban J connectivity index is 1.70. The van der Waals surface area contributed by atoms with Crippen LogP contribution in [0, 0.1) is 11.6 Å². The number of aromatic nitrogens is 2. The zero-order valence-electron chi connectivity index (χ0n) is 13.6. The van der Waals surface area contributed by atoms with E-state index in [0.717, 1.165) is 30.8 Å². The van der Waals surface area contributed by atoms with Crippen molar-refractivity contribution in [2.75, 3.05) is 0 Å². The van der Waals surface area contributed by atoms with Crippen LogP contribution in [0.15, 0.2) is 30.6 Å². The highest BCUT2D eigenvalue weighted by atomic mass is 19.2. The summed E-state index contributed by atoms with van der Waals surface area (Å²) in [4.78, 5) is 18.7. The molecule has 1 amide bonds. The molecule has 24 heavy (non-hydrogen) atoms. The van der Waals surface area contributed by atoms with Crippen molar-refractivity contribution in [3.8, 4) is 5.75 Å². The molecule has 1 fully saturated rings. The number of halogens is 2. The van der Waals surface area contributed by atoms with Crippen molar-refractivity contribution < 1.29 is 18.3 Å². The quantitative estimate of drug-likeness (QED) is 0.815. The summed E-state index contributed by atoms with van der Waals surface area (Å²) in [5.74, 6) is -1.22. The first-order valence-corrected chi connectivity index (χ1v) is 7.84. The third-order valence-corrected chi connectivity index (χ3v) is 4.06. The van der Waals surface area contributed by atoms with E-state index in [1.165, 1.54) is 6.07 Å². The van der Waals surface area contributed by atoms with Gasteiger partial charge in [-0.3, -0.25) is 4.79 Å². The highest BCUT2D eigenvalue weighted by molar-refractivity contribution is 5.81. The Hall–Kier alpha value is -2.44. The van der Waals surface area contributed by atoms with Gasteiger partial charge in [0.15, 0.2) is 17.7 Å². The van der Waals surface area contributed by atoms with Gasteiger partial charge in [0, 0.05) is 31.5 Å². The van der Waals surface area contributed by atoms with Crippen molar-refractivity contribution in [2.24, 2.45) is 7.05 Å². The van der Waals surface area contributed by atoms with E-state index in [1.54, 1.807) is 18.0 Å². The lowest BCUT2D eigenvalue weighted by Crippen LogP contribution is -2.41. The SMILES string of the molecule is C[C@@H](Oc1ccc(F)c(F)c1)C(=O)N(Cc1nccn1C)C1CC1. The Morgan fingerprint density at radius 1 is 1.42 bits per heavy atom. The molecule has 0 aliphatic heterocycles. The minimum absolute atomic E-state index is 0.127. The van der Waals surface area contributed by atoms with Gasteiger partial charge in [0.05, 0.1) is 6.54 Å². The maximum atomic E-state index is 13.3. The van der Waals surface area contributed by atoms with Gasteiger partial charge in [-0.2, -0.15) is 0 Å². The maximum Gasteiger partial charge on any atom is 0.264 e. The molecule has 0 saturated heterocycles. The molecule has 1 aromatic carbocycles. The molecule has 3 rings (SSSR count). The van der Waals surface area contributed by atoms with Crippen LogP contribution in [0.4, 0.5) is 8.78 Å². The van der Waals surface area contributed by atoms with Gasteiger partial charge in [-0.05, 0) is 31.9 Å². The van der Waals surface area contributed by atoms with Crippen LogP contribution < -0.4 is 4.74 Å². The predicted molar refractivity (Wildman–Crippen MR) is 83.2 cm³/mol. The molecule has 0 spiro atoms. The molecule has 5 nitrogen and oxygen atoms in total. The largest absolute Gasteiger partial charge is 0.481 e. The molecule has 7 heteroatoms. The van der Waals surface area contributed by atoms with Crippen LogP contribution >= 0.6 is 0 Å². The topological polar surface area (TPSA) is 47.4 Å². The molecule has 1 saturated carbocycles. The van der Waals surface area contributed by atoms with E-state index in [0.29, 0.717) is 6.54 Å². The molecule has 0 radical (unpaired) electrons. The summed E-state index contributed by atoms with van der Waals surface area (Å²) in [5.41, 5.74) is 0. The number of carbonyl (C=O) groups is 1. The van der Waals surface area contributed by atoms with Crippen LogP contribution in [-0.2, 0) is 18.4 Å². The van der Waals surface area contributed by atoms with Gasteiger partial charge < -0.3 is 14.2 Å². The number of amides is 1. The van der Waals surface area contributed by atoms with Crippen molar-refractivity contribution in [1.29, 1.82) is 0 Å². The minimum Gasteiger partial charge on any atom is -0.481 e. The number of nitrogens with zero attached hydrogens (tertiary/aromatic N) is 3. The fraction of sp³-hybridized carbons (Fsp3) is 0.412. The van der Waals surface area contributed by atoms with E-state index < -0.39 is 17.7 Å². The fourth-order valence-corrected chi connectivity index (χ4v) is 2.51. The van der Waals surface area contributed by atoms with Crippen LogP contribution in [0.25, 0.3) is 0 Å². The molecule has 128 valence electrons. The first-order valence-electron chi connectivity index (χ1n) is 7.84. The summed E-state index contributed by atoms with van der Waals surface area (Å²) < 4.78 is 33.6. The summed E-state index contributed by atoms with van der Waals surface area (Å²) in [6.07, 6.45) is 4.62. The summed E-state index contributed by atoms with van der Waals surface area (Å²) >= 11 is 0. The summed E-state index contributed by atoms with van der Waals surface area (Å²) in [6.45, 7) is 2.01. The molecule has 1 aromatic heterocycles. The van der Waals surface area contributed by atoms with Crippen molar-refractivity contribution in [3.05, 3.63) is 48.1 Å². The van der Waals surface area contributed by atoms with Crippen LogP contribution in [-0.4, -0.2) is 32.5 Å². The molecule has 2 aromatic rings. The molecule has 1 atom stereocenters. The van der Waals surface area contributed by atoms with E-state index in [4.69, 9.17) is 4.74 Å². The van der Waals surface area contributed by atoms with Gasteiger partial charge in [0.1, 0.15) is 11.6 Å². The van der Waals surface area contributed by atoms with E-state index in [-0.39, 0.29) is 17.7 Å². The molecular weight excluding hydrogens is 316 g/mol. The lowest BCUT2D eigenvalue weighted by atomic mass is 10.3. The molecule has 1 aliphatic carbocycles. The molecular formula is C17H19F2N3O2. The first-order chi connectivity index (χ1) is 11.5. The first kappa shape index (κ1) is 16.4. The Labute approximate surface area is 138 Å². The number of carbonyl (C=O) groups excluding carboxylic acids is 1. The van der Waals surface area contributed by atoms with Crippen LogP contribution in [0.2, 0.25) is 0 Å². The number of aryl methyl sites for hydroxylation is 1. The summed E-state index contributed by atoms with van der Waals surface area (Å²) in [7, 11) is 1.87. The third kappa shape index (κ3) is 3.55. The second-order valence-electron chi connectivity index (χ2n) is 5.99. The van der Waals surface area contributed by atoms with E-state index in [9.17, 15) is 13.6 Å². The van der Waals surface area contributed by atoms with Gasteiger partial charge in [0.25, 0.3) is 5.91 Å². The normalized spacial score (nSPS) is 15.2. The molecule has 0 bridgehead atoms. The highest BCUT2D eigenvalue weighted by Gasteiger charge is 2.36. The molecule has 0 N–H and O–H groups in total. The Morgan fingerprint density at radius 2 is 2.17 bits per heavy atom. The van der Waals surface area contributed by atoms with Crippen LogP contribution in [0.1, 0.15) is 25.6 Å². The maximum absolute atomic E-state index is 13.3. The second-order valence-corrected chi connectivity index (χ2v) is 5.99. The Morgan fingerprint density at radius 3 is 2.75 bits per heavy atom. The number of benzene rings is 1.